The number of amides is 1. The third kappa shape index (κ3) is 22.0. The van der Waals surface area contributed by atoms with Crippen LogP contribution < -0.4 is 16.0 Å². The fourth-order valence-corrected chi connectivity index (χ4v) is 2.64. The number of unbranched alkanes of at least 4 members (excludes halogenated alkanes) is 2. The van der Waals surface area contributed by atoms with Crippen molar-refractivity contribution in [3.63, 3.8) is 0 Å². The number of nitrogens with zero attached hydrogens (tertiary/aromatic N) is 1. The molecule has 0 aromatic heterocycles. The fourth-order valence-electron chi connectivity index (χ4n) is 2.64. The third-order valence-electron chi connectivity index (χ3n) is 4.85. The van der Waals surface area contributed by atoms with Crippen molar-refractivity contribution in [2.45, 2.75) is 99.8 Å². The molecule has 37 heavy (non-hydrogen) atoms. The molecule has 0 aliphatic heterocycles. The summed E-state index contributed by atoms with van der Waals surface area (Å²) in [6, 6.07) is 6.81. The number of allylic oxidation sites excluding steroid dienone is 2. The topological polar surface area (TPSA) is 65.5 Å². The standard InChI is InChI=1S/C18H23F2N3.C7H15NO.C5H12/c1-6-18(21-13(4)12(2)3)23-14(5)22-16-9-7-15(8-10-16)11-17(19)20;1-3-5-7(9)8-6-4-2;1-3-5-4-2/h6-10,17,22-23H,2,5,11H2,1,3-4H3;3-6H2,1-2H3,(H,8,9);3-5H2,1-2H3/b18-6+,21-13+;;. The Bertz CT molecular complexity index is 828. The van der Waals surface area contributed by atoms with Gasteiger partial charge in [0.1, 0.15) is 11.6 Å². The Morgan fingerprint density at radius 1 is 1.00 bits per heavy atom. The molecule has 3 N–H and O–H groups in total. The summed E-state index contributed by atoms with van der Waals surface area (Å²) in [6.07, 6.45) is 5.96. The zero-order valence-corrected chi connectivity index (χ0v) is 24.1. The molecule has 210 valence electrons. The third-order valence-corrected chi connectivity index (χ3v) is 4.85. The highest BCUT2D eigenvalue weighted by atomic mass is 19.3. The number of benzene rings is 1. The lowest BCUT2D eigenvalue weighted by molar-refractivity contribution is -0.121. The summed E-state index contributed by atoms with van der Waals surface area (Å²) in [6.45, 7) is 22.7. The van der Waals surface area contributed by atoms with Crippen LogP contribution in [0.3, 0.4) is 0 Å². The minimum absolute atomic E-state index is 0.180. The molecular weight excluding hydrogens is 470 g/mol. The first-order valence-electron chi connectivity index (χ1n) is 13.3. The van der Waals surface area contributed by atoms with E-state index in [9.17, 15) is 13.6 Å². The Labute approximate surface area is 224 Å². The molecule has 1 rings (SSSR count). The van der Waals surface area contributed by atoms with E-state index < -0.39 is 6.43 Å². The second-order valence-corrected chi connectivity index (χ2v) is 8.63. The Morgan fingerprint density at radius 3 is 2.00 bits per heavy atom. The van der Waals surface area contributed by atoms with Crippen molar-refractivity contribution in [2.24, 2.45) is 4.99 Å². The van der Waals surface area contributed by atoms with Gasteiger partial charge in [0.25, 0.3) is 0 Å². The van der Waals surface area contributed by atoms with Crippen LogP contribution in [0.1, 0.15) is 92.6 Å². The maximum atomic E-state index is 12.3. The van der Waals surface area contributed by atoms with Crippen LogP contribution in [0.2, 0.25) is 0 Å². The van der Waals surface area contributed by atoms with Gasteiger partial charge in [-0.05, 0) is 63.0 Å². The number of alkyl halides is 2. The minimum Gasteiger partial charge on any atom is -0.356 e. The highest BCUT2D eigenvalue weighted by Crippen LogP contribution is 2.14. The van der Waals surface area contributed by atoms with E-state index in [0.717, 1.165) is 36.4 Å². The lowest BCUT2D eigenvalue weighted by Gasteiger charge is -2.13. The van der Waals surface area contributed by atoms with Gasteiger partial charge in [-0.25, -0.2) is 13.8 Å². The molecule has 1 aromatic rings. The molecule has 0 bridgehead atoms. The van der Waals surface area contributed by atoms with Crippen molar-refractivity contribution < 1.29 is 13.6 Å². The summed E-state index contributed by atoms with van der Waals surface area (Å²) in [7, 11) is 0. The van der Waals surface area contributed by atoms with Gasteiger partial charge >= 0.3 is 0 Å². The Hall–Kier alpha value is -2.96. The molecule has 0 heterocycles. The molecule has 0 unspecified atom stereocenters. The highest BCUT2D eigenvalue weighted by Gasteiger charge is 2.05. The lowest BCUT2D eigenvalue weighted by atomic mass is 10.1. The van der Waals surface area contributed by atoms with Gasteiger partial charge in [0.2, 0.25) is 12.3 Å². The number of anilines is 1. The summed E-state index contributed by atoms with van der Waals surface area (Å²) >= 11 is 0. The number of hydrogen-bond donors (Lipinski definition) is 3. The molecule has 7 heteroatoms. The Morgan fingerprint density at radius 2 is 1.59 bits per heavy atom. The number of aliphatic imine (C=N–C) groups is 1. The maximum absolute atomic E-state index is 12.3. The first kappa shape index (κ1) is 36.2. The molecule has 5 nitrogen and oxygen atoms in total. The van der Waals surface area contributed by atoms with Crippen LogP contribution in [-0.4, -0.2) is 24.6 Å². The molecule has 0 aliphatic carbocycles. The Balaban J connectivity index is 0. The van der Waals surface area contributed by atoms with E-state index >= 15 is 0 Å². The largest absolute Gasteiger partial charge is 0.356 e. The van der Waals surface area contributed by atoms with Crippen LogP contribution in [0.4, 0.5) is 14.5 Å². The van der Waals surface area contributed by atoms with Gasteiger partial charge in [-0.1, -0.05) is 72.2 Å². The molecule has 0 radical (unpaired) electrons. The molecule has 0 aliphatic rings. The van der Waals surface area contributed by atoms with Crippen LogP contribution in [0.5, 0.6) is 0 Å². The summed E-state index contributed by atoms with van der Waals surface area (Å²) in [5, 5.41) is 8.91. The van der Waals surface area contributed by atoms with E-state index in [1.165, 1.54) is 19.3 Å². The molecule has 0 spiro atoms. The van der Waals surface area contributed by atoms with E-state index in [0.29, 0.717) is 23.6 Å². The lowest BCUT2D eigenvalue weighted by Crippen LogP contribution is -2.23. The van der Waals surface area contributed by atoms with Crippen LogP contribution in [0.15, 0.2) is 65.7 Å². The van der Waals surface area contributed by atoms with Crippen molar-refractivity contribution in [2.75, 3.05) is 11.9 Å². The van der Waals surface area contributed by atoms with E-state index in [-0.39, 0.29) is 12.3 Å². The van der Waals surface area contributed by atoms with E-state index in [1.54, 1.807) is 24.3 Å². The van der Waals surface area contributed by atoms with Crippen LogP contribution in [-0.2, 0) is 11.2 Å². The smallest absolute Gasteiger partial charge is 0.242 e. The average molecular weight is 521 g/mol. The van der Waals surface area contributed by atoms with E-state index in [2.05, 4.69) is 47.9 Å². The van der Waals surface area contributed by atoms with E-state index in [4.69, 9.17) is 0 Å². The molecule has 0 fully saturated rings. The molecule has 1 amide bonds. The predicted octanol–water partition coefficient (Wildman–Crippen LogP) is 8.37. The first-order valence-corrected chi connectivity index (χ1v) is 13.3. The van der Waals surface area contributed by atoms with Crippen LogP contribution >= 0.6 is 0 Å². The second-order valence-electron chi connectivity index (χ2n) is 8.63. The fraction of sp³-hybridized carbons (Fsp3) is 0.533. The van der Waals surface area contributed by atoms with Crippen molar-refractivity contribution >= 4 is 17.3 Å². The van der Waals surface area contributed by atoms with Gasteiger partial charge in [0, 0.05) is 30.8 Å². The number of rotatable bonds is 14. The number of nitrogens with one attached hydrogen (secondary N) is 3. The van der Waals surface area contributed by atoms with Crippen LogP contribution in [0.25, 0.3) is 0 Å². The SMILES string of the molecule is C=C(NC(=C/C)/N=C(\C)C(=C)C)Nc1ccc(CC(F)F)cc1.CCCCC.CCCNC(=O)CCC. The van der Waals surface area contributed by atoms with Gasteiger partial charge in [0.15, 0.2) is 0 Å². The summed E-state index contributed by atoms with van der Waals surface area (Å²) in [5.41, 5.74) is 3.07. The quantitative estimate of drug-likeness (QED) is 0.216. The Kier molecular flexibility index (Phi) is 22.9. The van der Waals surface area contributed by atoms with Gasteiger partial charge < -0.3 is 16.0 Å². The van der Waals surface area contributed by atoms with Crippen molar-refractivity contribution in [3.05, 3.63) is 66.3 Å². The van der Waals surface area contributed by atoms with Crippen molar-refractivity contribution in [1.82, 2.24) is 10.6 Å². The van der Waals surface area contributed by atoms with Gasteiger partial charge in [-0.3, -0.25) is 4.79 Å². The predicted molar refractivity (Wildman–Crippen MR) is 157 cm³/mol. The van der Waals surface area contributed by atoms with Crippen molar-refractivity contribution in [3.8, 4) is 0 Å². The summed E-state index contributed by atoms with van der Waals surface area (Å²) in [4.78, 5) is 15.1. The zero-order chi connectivity index (χ0) is 28.6. The number of carbonyl (C=O) groups excluding carboxylic acids is 1. The molecule has 0 saturated carbocycles. The second kappa shape index (κ2) is 23.4. The monoisotopic (exact) mass is 520 g/mol. The van der Waals surface area contributed by atoms with E-state index in [1.807, 2.05) is 40.7 Å². The molecule has 0 saturated heterocycles. The zero-order valence-electron chi connectivity index (χ0n) is 24.1. The van der Waals surface area contributed by atoms with Gasteiger partial charge in [-0.2, -0.15) is 0 Å². The van der Waals surface area contributed by atoms with Gasteiger partial charge in [0.05, 0.1) is 0 Å². The first-order chi connectivity index (χ1) is 17.5. The summed E-state index contributed by atoms with van der Waals surface area (Å²) < 4.78 is 24.6. The van der Waals surface area contributed by atoms with Crippen molar-refractivity contribution in [1.29, 1.82) is 0 Å². The number of hydrogen-bond acceptors (Lipinski definition) is 4. The number of halogens is 2. The molecule has 0 atom stereocenters. The molecular formula is C30H50F2N4O. The minimum atomic E-state index is -2.34. The maximum Gasteiger partial charge on any atom is 0.242 e. The number of carbonyl (C=O) groups is 1. The highest BCUT2D eigenvalue weighted by molar-refractivity contribution is 5.97. The molecule has 1 aromatic carbocycles. The summed E-state index contributed by atoms with van der Waals surface area (Å²) in [5.74, 6) is 1.37. The average Bonchev–Trinajstić information content (AvgIpc) is 2.84. The van der Waals surface area contributed by atoms with Crippen LogP contribution in [0, 0.1) is 0 Å². The normalized spacial score (nSPS) is 11.0. The van der Waals surface area contributed by atoms with Gasteiger partial charge in [-0.15, -0.1) is 0 Å².